The van der Waals surface area contributed by atoms with Crippen LogP contribution in [0.15, 0.2) is 30.5 Å². The second-order valence-electron chi connectivity index (χ2n) is 3.57. The van der Waals surface area contributed by atoms with Crippen molar-refractivity contribution in [2.24, 2.45) is 0 Å². The molecule has 2 rings (SSSR count). The van der Waals surface area contributed by atoms with Crippen molar-refractivity contribution >= 4 is 22.6 Å². The molecule has 0 atom stereocenters. The molecule has 18 heavy (non-hydrogen) atoms. The topological polar surface area (TPSA) is 82.3 Å². The molecule has 2 aromatic rings. The molecule has 0 aliphatic heterocycles. The largest absolute Gasteiger partial charge is 0.424 e. The van der Waals surface area contributed by atoms with E-state index < -0.39 is 10.9 Å². The molecule has 0 radical (unpaired) electrons. The van der Waals surface area contributed by atoms with Gasteiger partial charge in [0.2, 0.25) is 0 Å². The van der Waals surface area contributed by atoms with Crippen LogP contribution in [0, 0.1) is 10.1 Å². The van der Waals surface area contributed by atoms with Gasteiger partial charge >= 0.3 is 5.97 Å². The molecule has 0 saturated carbocycles. The first-order valence-electron chi connectivity index (χ1n) is 5.36. The van der Waals surface area contributed by atoms with Crippen LogP contribution in [0.5, 0.6) is 5.75 Å². The van der Waals surface area contributed by atoms with E-state index in [1.54, 1.807) is 19.1 Å². The zero-order valence-electron chi connectivity index (χ0n) is 9.62. The van der Waals surface area contributed by atoms with Crippen LogP contribution in [-0.2, 0) is 4.79 Å². The fourth-order valence-corrected chi connectivity index (χ4v) is 1.57. The Balaban J connectivity index is 2.61. The Morgan fingerprint density at radius 3 is 2.89 bits per heavy atom. The van der Waals surface area contributed by atoms with Crippen molar-refractivity contribution in [3.05, 3.63) is 40.6 Å². The lowest BCUT2D eigenvalue weighted by atomic mass is 10.1. The lowest BCUT2D eigenvalue weighted by Gasteiger charge is -2.06. The van der Waals surface area contributed by atoms with Crippen LogP contribution in [0.25, 0.3) is 10.9 Å². The smallest absolute Gasteiger partial charge is 0.310 e. The highest BCUT2D eigenvalue weighted by Gasteiger charge is 2.16. The van der Waals surface area contributed by atoms with Crippen molar-refractivity contribution in [1.29, 1.82) is 0 Å². The van der Waals surface area contributed by atoms with E-state index in [-0.39, 0.29) is 17.9 Å². The summed E-state index contributed by atoms with van der Waals surface area (Å²) >= 11 is 0. The molecule has 1 heterocycles. The SMILES string of the molecule is CCC(=O)Oc1ccc([N+](=O)[O-])c2cccnc12. The first-order chi connectivity index (χ1) is 8.63. The molecule has 0 N–H and O–H groups in total. The number of fused-ring (bicyclic) bond motifs is 1. The zero-order valence-corrected chi connectivity index (χ0v) is 9.62. The number of pyridine rings is 1. The molecule has 6 nitrogen and oxygen atoms in total. The zero-order chi connectivity index (χ0) is 13.1. The molecule has 1 aromatic carbocycles. The van der Waals surface area contributed by atoms with E-state index in [0.717, 1.165) is 0 Å². The first kappa shape index (κ1) is 12.0. The summed E-state index contributed by atoms with van der Waals surface area (Å²) in [4.78, 5) is 25.7. The molecule has 0 bridgehead atoms. The lowest BCUT2D eigenvalue weighted by Crippen LogP contribution is -2.06. The molecule has 0 saturated heterocycles. The summed E-state index contributed by atoms with van der Waals surface area (Å²) in [5, 5.41) is 11.2. The maximum Gasteiger partial charge on any atom is 0.310 e. The summed E-state index contributed by atoms with van der Waals surface area (Å²) in [5.41, 5.74) is 0.253. The van der Waals surface area contributed by atoms with Gasteiger partial charge in [-0.25, -0.2) is 0 Å². The minimum Gasteiger partial charge on any atom is -0.424 e. The van der Waals surface area contributed by atoms with Gasteiger partial charge in [0.1, 0.15) is 5.52 Å². The monoisotopic (exact) mass is 246 g/mol. The molecule has 0 aliphatic rings. The molecule has 0 aliphatic carbocycles. The third-order valence-corrected chi connectivity index (χ3v) is 2.42. The molecule has 1 aromatic heterocycles. The Morgan fingerprint density at radius 1 is 1.44 bits per heavy atom. The van der Waals surface area contributed by atoms with Crippen LogP contribution in [0.2, 0.25) is 0 Å². The van der Waals surface area contributed by atoms with Crippen LogP contribution in [0.1, 0.15) is 13.3 Å². The molecular formula is C12H10N2O4. The van der Waals surface area contributed by atoms with E-state index in [0.29, 0.717) is 10.9 Å². The van der Waals surface area contributed by atoms with Crippen molar-refractivity contribution in [1.82, 2.24) is 4.98 Å². The van der Waals surface area contributed by atoms with Gasteiger partial charge in [-0.2, -0.15) is 0 Å². The predicted octanol–water partition coefficient (Wildman–Crippen LogP) is 2.46. The Kier molecular flexibility index (Phi) is 3.18. The number of rotatable bonds is 3. The number of hydrogen-bond donors (Lipinski definition) is 0. The highest BCUT2D eigenvalue weighted by molar-refractivity contribution is 5.93. The second-order valence-corrected chi connectivity index (χ2v) is 3.57. The minimum atomic E-state index is -0.491. The Labute approximate surface area is 102 Å². The van der Waals surface area contributed by atoms with Crippen molar-refractivity contribution in [2.75, 3.05) is 0 Å². The number of benzene rings is 1. The van der Waals surface area contributed by atoms with Gasteiger partial charge in [0.25, 0.3) is 5.69 Å². The maximum atomic E-state index is 11.3. The average molecular weight is 246 g/mol. The van der Waals surface area contributed by atoms with Crippen molar-refractivity contribution in [2.45, 2.75) is 13.3 Å². The van der Waals surface area contributed by atoms with Gasteiger partial charge in [0.15, 0.2) is 5.75 Å². The summed E-state index contributed by atoms with van der Waals surface area (Å²) in [6.45, 7) is 1.67. The van der Waals surface area contributed by atoms with Gasteiger partial charge in [0, 0.05) is 18.7 Å². The molecule has 0 fully saturated rings. The third-order valence-electron chi connectivity index (χ3n) is 2.42. The van der Waals surface area contributed by atoms with Gasteiger partial charge < -0.3 is 4.74 Å². The van der Waals surface area contributed by atoms with Crippen LogP contribution in [0.4, 0.5) is 5.69 Å². The van der Waals surface area contributed by atoms with Crippen molar-refractivity contribution < 1.29 is 14.5 Å². The number of aromatic nitrogens is 1. The molecule has 92 valence electrons. The van der Waals surface area contributed by atoms with Crippen LogP contribution >= 0.6 is 0 Å². The van der Waals surface area contributed by atoms with Gasteiger partial charge in [-0.15, -0.1) is 0 Å². The quantitative estimate of drug-likeness (QED) is 0.359. The minimum absolute atomic E-state index is 0.0607. The molecule has 0 spiro atoms. The summed E-state index contributed by atoms with van der Waals surface area (Å²) in [7, 11) is 0. The van der Waals surface area contributed by atoms with E-state index in [1.165, 1.54) is 18.3 Å². The van der Waals surface area contributed by atoms with E-state index in [1.807, 2.05) is 0 Å². The fourth-order valence-electron chi connectivity index (χ4n) is 1.57. The first-order valence-corrected chi connectivity index (χ1v) is 5.36. The number of carbonyl (C=O) groups is 1. The predicted molar refractivity (Wildman–Crippen MR) is 64.3 cm³/mol. The van der Waals surface area contributed by atoms with Crippen molar-refractivity contribution in [3.63, 3.8) is 0 Å². The number of esters is 1. The summed E-state index contributed by atoms with van der Waals surface area (Å²) < 4.78 is 5.09. The molecular weight excluding hydrogens is 236 g/mol. The van der Waals surface area contributed by atoms with Gasteiger partial charge in [-0.1, -0.05) is 6.92 Å². The van der Waals surface area contributed by atoms with E-state index in [9.17, 15) is 14.9 Å². The summed E-state index contributed by atoms with van der Waals surface area (Å²) in [5.74, 6) is -0.168. The van der Waals surface area contributed by atoms with Crippen LogP contribution in [0.3, 0.4) is 0 Å². The number of nitro benzene ring substituents is 1. The van der Waals surface area contributed by atoms with E-state index in [2.05, 4.69) is 4.98 Å². The Bertz CT molecular complexity index is 625. The maximum absolute atomic E-state index is 11.3. The fraction of sp³-hybridized carbons (Fsp3) is 0.167. The third kappa shape index (κ3) is 2.13. The molecule has 6 heteroatoms. The normalized spacial score (nSPS) is 10.3. The second kappa shape index (κ2) is 4.79. The average Bonchev–Trinajstić information content (AvgIpc) is 2.38. The van der Waals surface area contributed by atoms with Gasteiger partial charge in [0.05, 0.1) is 10.3 Å². The van der Waals surface area contributed by atoms with Crippen molar-refractivity contribution in [3.8, 4) is 5.75 Å². The standard InChI is InChI=1S/C12H10N2O4/c1-2-11(15)18-10-6-5-9(14(16)17)8-4-3-7-13-12(8)10/h3-7H,2H2,1H3. The van der Waals surface area contributed by atoms with Crippen LogP contribution < -0.4 is 4.74 Å². The van der Waals surface area contributed by atoms with E-state index >= 15 is 0 Å². The number of ether oxygens (including phenoxy) is 1. The van der Waals surface area contributed by atoms with Gasteiger partial charge in [-0.05, 0) is 18.2 Å². The van der Waals surface area contributed by atoms with Crippen LogP contribution in [-0.4, -0.2) is 15.9 Å². The summed E-state index contributed by atoms with van der Waals surface area (Å²) in [6, 6.07) is 5.87. The number of nitro groups is 1. The Morgan fingerprint density at radius 2 is 2.22 bits per heavy atom. The van der Waals surface area contributed by atoms with Gasteiger partial charge in [-0.3, -0.25) is 19.9 Å². The molecule has 0 amide bonds. The summed E-state index contributed by atoms with van der Waals surface area (Å²) in [6.07, 6.45) is 1.72. The highest BCUT2D eigenvalue weighted by atomic mass is 16.6. The van der Waals surface area contributed by atoms with E-state index in [4.69, 9.17) is 4.74 Å². The lowest BCUT2D eigenvalue weighted by molar-refractivity contribution is -0.383. The highest BCUT2D eigenvalue weighted by Crippen LogP contribution is 2.31. The molecule has 0 unspecified atom stereocenters. The number of carbonyl (C=O) groups excluding carboxylic acids is 1. The Hall–Kier alpha value is -2.50. The number of hydrogen-bond acceptors (Lipinski definition) is 5. The number of nitrogens with zero attached hydrogens (tertiary/aromatic N) is 2. The number of non-ortho nitro benzene ring substituents is 1.